The van der Waals surface area contributed by atoms with Gasteiger partial charge in [0.2, 0.25) is 5.91 Å². The van der Waals surface area contributed by atoms with Crippen molar-refractivity contribution in [1.29, 1.82) is 0 Å². The quantitative estimate of drug-likeness (QED) is 0.498. The first-order chi connectivity index (χ1) is 14.0. The van der Waals surface area contributed by atoms with E-state index in [1.54, 1.807) is 32.4 Å². The van der Waals surface area contributed by atoms with Crippen molar-refractivity contribution >= 4 is 29.3 Å². The van der Waals surface area contributed by atoms with Gasteiger partial charge in [-0.2, -0.15) is 0 Å². The Morgan fingerprint density at radius 3 is 2.69 bits per heavy atom. The molecule has 0 unspecified atom stereocenters. The highest BCUT2D eigenvalue weighted by Gasteiger charge is 2.14. The van der Waals surface area contributed by atoms with Crippen molar-refractivity contribution in [3.63, 3.8) is 0 Å². The van der Waals surface area contributed by atoms with Gasteiger partial charge in [0, 0.05) is 36.7 Å². The first kappa shape index (κ1) is 21.1. The molecule has 0 radical (unpaired) electrons. The number of rotatable bonds is 8. The molecule has 0 saturated carbocycles. The maximum absolute atomic E-state index is 12.6. The average molecular weight is 432 g/mol. The van der Waals surface area contributed by atoms with E-state index < -0.39 is 0 Å². The predicted octanol–water partition coefficient (Wildman–Crippen LogP) is 4.29. The molecule has 29 heavy (non-hydrogen) atoms. The summed E-state index contributed by atoms with van der Waals surface area (Å²) in [4.78, 5) is 18.7. The van der Waals surface area contributed by atoms with Crippen molar-refractivity contribution in [1.82, 2.24) is 14.5 Å². The van der Waals surface area contributed by atoms with E-state index in [4.69, 9.17) is 21.1 Å². The number of hydrogen-bond donors (Lipinski definition) is 0. The second kappa shape index (κ2) is 9.71. The van der Waals surface area contributed by atoms with Crippen LogP contribution in [0.25, 0.3) is 5.69 Å². The molecule has 2 aromatic carbocycles. The minimum atomic E-state index is 0.00503. The van der Waals surface area contributed by atoms with Gasteiger partial charge in [-0.05, 0) is 35.9 Å². The van der Waals surface area contributed by atoms with Crippen LogP contribution >= 0.6 is 23.4 Å². The predicted molar refractivity (Wildman–Crippen MR) is 115 cm³/mol. The van der Waals surface area contributed by atoms with Gasteiger partial charge in [-0.15, -0.1) is 0 Å². The Hall–Kier alpha value is -2.64. The highest BCUT2D eigenvalue weighted by atomic mass is 35.5. The van der Waals surface area contributed by atoms with Crippen molar-refractivity contribution in [3.8, 4) is 17.2 Å². The first-order valence-corrected chi connectivity index (χ1v) is 10.2. The van der Waals surface area contributed by atoms with Gasteiger partial charge in [-0.25, -0.2) is 4.98 Å². The zero-order chi connectivity index (χ0) is 20.8. The van der Waals surface area contributed by atoms with Crippen LogP contribution in [0, 0.1) is 0 Å². The summed E-state index contributed by atoms with van der Waals surface area (Å²) in [5, 5.41) is 1.39. The lowest BCUT2D eigenvalue weighted by molar-refractivity contribution is -0.127. The number of imidazole rings is 1. The molecule has 1 amide bonds. The second-order valence-corrected chi connectivity index (χ2v) is 7.67. The summed E-state index contributed by atoms with van der Waals surface area (Å²) in [5.41, 5.74) is 1.87. The Labute approximate surface area is 179 Å². The van der Waals surface area contributed by atoms with Crippen LogP contribution in [0.4, 0.5) is 0 Å². The zero-order valence-corrected chi connectivity index (χ0v) is 18.0. The molecule has 1 aromatic heterocycles. The largest absolute Gasteiger partial charge is 0.493 e. The fraction of sp³-hybridized carbons (Fsp3) is 0.238. The van der Waals surface area contributed by atoms with E-state index in [9.17, 15) is 4.79 Å². The molecule has 8 heteroatoms. The highest BCUT2D eigenvalue weighted by Crippen LogP contribution is 2.28. The van der Waals surface area contributed by atoms with E-state index in [1.165, 1.54) is 11.8 Å². The van der Waals surface area contributed by atoms with Crippen LogP contribution in [0.1, 0.15) is 5.56 Å². The van der Waals surface area contributed by atoms with E-state index in [-0.39, 0.29) is 11.7 Å². The fourth-order valence-corrected chi connectivity index (χ4v) is 3.89. The Balaban J connectivity index is 1.62. The second-order valence-electron chi connectivity index (χ2n) is 6.29. The van der Waals surface area contributed by atoms with E-state index in [0.29, 0.717) is 23.1 Å². The third-order valence-corrected chi connectivity index (χ3v) is 5.50. The summed E-state index contributed by atoms with van der Waals surface area (Å²) < 4.78 is 12.5. The Morgan fingerprint density at radius 1 is 1.17 bits per heavy atom. The Kier molecular flexibility index (Phi) is 7.06. The van der Waals surface area contributed by atoms with Gasteiger partial charge < -0.3 is 14.4 Å². The van der Waals surface area contributed by atoms with Crippen LogP contribution in [0.2, 0.25) is 5.02 Å². The van der Waals surface area contributed by atoms with Crippen LogP contribution in [0.15, 0.2) is 60.0 Å². The number of amides is 1. The monoisotopic (exact) mass is 431 g/mol. The smallest absolute Gasteiger partial charge is 0.233 e. The molecule has 0 aliphatic carbocycles. The molecule has 0 saturated heterocycles. The number of hydrogen-bond acceptors (Lipinski definition) is 5. The fourth-order valence-electron chi connectivity index (χ4n) is 2.80. The number of ether oxygens (including phenoxy) is 2. The lowest BCUT2D eigenvalue weighted by Crippen LogP contribution is -2.27. The Morgan fingerprint density at radius 2 is 1.97 bits per heavy atom. The van der Waals surface area contributed by atoms with Crippen molar-refractivity contribution in [2.75, 3.05) is 27.0 Å². The van der Waals surface area contributed by atoms with Crippen molar-refractivity contribution in [2.45, 2.75) is 11.7 Å². The topological polar surface area (TPSA) is 56.6 Å². The van der Waals surface area contributed by atoms with Gasteiger partial charge >= 0.3 is 0 Å². The summed E-state index contributed by atoms with van der Waals surface area (Å²) in [5.74, 6) is 1.59. The third kappa shape index (κ3) is 5.25. The lowest BCUT2D eigenvalue weighted by atomic mass is 10.2. The molecule has 0 aliphatic rings. The molecule has 0 aliphatic heterocycles. The van der Waals surface area contributed by atoms with Gasteiger partial charge in [-0.3, -0.25) is 9.36 Å². The van der Waals surface area contributed by atoms with E-state index in [2.05, 4.69) is 4.98 Å². The number of aromatic nitrogens is 2. The number of carbonyl (C=O) groups is 1. The Bertz CT molecular complexity index is 993. The van der Waals surface area contributed by atoms with E-state index in [1.807, 2.05) is 53.2 Å². The molecular weight excluding hydrogens is 410 g/mol. The molecule has 152 valence electrons. The summed E-state index contributed by atoms with van der Waals surface area (Å²) in [6.07, 6.45) is 3.56. The van der Waals surface area contributed by atoms with Gasteiger partial charge in [0.05, 0.1) is 20.0 Å². The van der Waals surface area contributed by atoms with Crippen LogP contribution in [-0.2, 0) is 11.3 Å². The maximum atomic E-state index is 12.6. The van der Waals surface area contributed by atoms with Gasteiger partial charge in [-0.1, -0.05) is 35.5 Å². The molecule has 0 bridgehead atoms. The normalized spacial score (nSPS) is 10.6. The number of halogens is 1. The lowest BCUT2D eigenvalue weighted by Gasteiger charge is -2.18. The highest BCUT2D eigenvalue weighted by molar-refractivity contribution is 7.99. The maximum Gasteiger partial charge on any atom is 0.233 e. The standard InChI is InChI=1S/C21H22ClN3O3S/c1-24(13-15-7-8-18(27-2)19(11-15)28-3)20(26)14-29-21-23-9-10-25(21)17-6-4-5-16(22)12-17/h4-12H,13-14H2,1-3H3. The number of benzene rings is 2. The molecule has 0 atom stereocenters. The summed E-state index contributed by atoms with van der Waals surface area (Å²) in [7, 11) is 4.97. The van der Waals surface area contributed by atoms with Crippen LogP contribution < -0.4 is 9.47 Å². The van der Waals surface area contributed by atoms with Crippen LogP contribution in [0.3, 0.4) is 0 Å². The summed E-state index contributed by atoms with van der Waals surface area (Å²) in [6.45, 7) is 0.475. The molecule has 6 nitrogen and oxygen atoms in total. The molecule has 0 spiro atoms. The first-order valence-electron chi connectivity index (χ1n) is 8.88. The molecular formula is C21H22ClN3O3S. The van der Waals surface area contributed by atoms with Gasteiger partial charge in [0.15, 0.2) is 16.7 Å². The SMILES string of the molecule is COc1ccc(CN(C)C(=O)CSc2nccn2-c2cccc(Cl)c2)cc1OC. The zero-order valence-electron chi connectivity index (χ0n) is 16.5. The molecule has 3 rings (SSSR count). The minimum absolute atomic E-state index is 0.00503. The molecule has 1 heterocycles. The average Bonchev–Trinajstić information content (AvgIpc) is 3.20. The van der Waals surface area contributed by atoms with Crippen molar-refractivity contribution in [2.24, 2.45) is 0 Å². The van der Waals surface area contributed by atoms with Crippen LogP contribution in [0.5, 0.6) is 11.5 Å². The minimum Gasteiger partial charge on any atom is -0.493 e. The summed E-state index contributed by atoms with van der Waals surface area (Å²) in [6, 6.07) is 13.1. The van der Waals surface area contributed by atoms with Crippen molar-refractivity contribution < 1.29 is 14.3 Å². The number of thioether (sulfide) groups is 1. The molecule has 0 fully saturated rings. The number of nitrogens with zero attached hydrogens (tertiary/aromatic N) is 3. The van der Waals surface area contributed by atoms with Crippen molar-refractivity contribution in [3.05, 3.63) is 65.4 Å². The van der Waals surface area contributed by atoms with E-state index in [0.717, 1.165) is 16.4 Å². The van der Waals surface area contributed by atoms with E-state index >= 15 is 0 Å². The third-order valence-electron chi connectivity index (χ3n) is 4.31. The van der Waals surface area contributed by atoms with Gasteiger partial charge in [0.25, 0.3) is 0 Å². The molecule has 0 N–H and O–H groups in total. The summed E-state index contributed by atoms with van der Waals surface area (Å²) >= 11 is 7.47. The van der Waals surface area contributed by atoms with Gasteiger partial charge in [0.1, 0.15) is 0 Å². The van der Waals surface area contributed by atoms with Crippen LogP contribution in [-0.4, -0.2) is 47.4 Å². The molecule has 3 aromatic rings. The number of methoxy groups -OCH3 is 2. The number of carbonyl (C=O) groups excluding carboxylic acids is 1.